The van der Waals surface area contributed by atoms with Gasteiger partial charge in [-0.2, -0.15) is 0 Å². The maximum atomic E-state index is 12.8. The molecule has 2 atom stereocenters. The van der Waals surface area contributed by atoms with Gasteiger partial charge in [0.05, 0.1) is 12.0 Å². The van der Waals surface area contributed by atoms with Gasteiger partial charge in [0, 0.05) is 26.7 Å². The maximum absolute atomic E-state index is 12.8. The Balaban J connectivity index is 1.66. The van der Waals surface area contributed by atoms with Crippen LogP contribution in [0.3, 0.4) is 0 Å². The Labute approximate surface area is 131 Å². The molecule has 2 aliphatic rings. The summed E-state index contributed by atoms with van der Waals surface area (Å²) in [6.45, 7) is 2.03. The Morgan fingerprint density at radius 1 is 1.27 bits per heavy atom. The molecule has 0 radical (unpaired) electrons. The second-order valence-electron chi connectivity index (χ2n) is 6.14. The number of amides is 2. The van der Waals surface area contributed by atoms with E-state index in [0.29, 0.717) is 6.54 Å². The van der Waals surface area contributed by atoms with Crippen molar-refractivity contribution in [1.29, 1.82) is 0 Å². The summed E-state index contributed by atoms with van der Waals surface area (Å²) in [5.74, 6) is 0.0983. The zero-order chi connectivity index (χ0) is 15.5. The molecule has 1 aromatic rings. The van der Waals surface area contributed by atoms with Crippen LogP contribution >= 0.6 is 0 Å². The van der Waals surface area contributed by atoms with Gasteiger partial charge in [0.25, 0.3) is 0 Å². The van der Waals surface area contributed by atoms with Crippen LogP contribution in [0.2, 0.25) is 0 Å². The third kappa shape index (κ3) is 2.99. The van der Waals surface area contributed by atoms with Crippen molar-refractivity contribution >= 4 is 11.8 Å². The predicted molar refractivity (Wildman–Crippen MR) is 84.1 cm³/mol. The molecule has 2 amide bonds. The number of piperidine rings is 1. The Kier molecular flexibility index (Phi) is 4.43. The van der Waals surface area contributed by atoms with Crippen LogP contribution < -0.4 is 10.6 Å². The van der Waals surface area contributed by atoms with E-state index < -0.39 is 0 Å². The summed E-state index contributed by atoms with van der Waals surface area (Å²) in [4.78, 5) is 26.4. The Morgan fingerprint density at radius 2 is 2.05 bits per heavy atom. The number of nitrogens with zero attached hydrogens (tertiary/aromatic N) is 1. The van der Waals surface area contributed by atoms with E-state index in [4.69, 9.17) is 0 Å². The molecule has 5 nitrogen and oxygen atoms in total. The average Bonchev–Trinajstić information content (AvgIpc) is 2.60. The number of hydrogen-bond acceptors (Lipinski definition) is 3. The summed E-state index contributed by atoms with van der Waals surface area (Å²) < 4.78 is 0. The molecule has 1 aromatic carbocycles. The molecule has 2 N–H and O–H groups in total. The number of benzene rings is 1. The summed E-state index contributed by atoms with van der Waals surface area (Å²) in [7, 11) is 1.66. The highest BCUT2D eigenvalue weighted by atomic mass is 16.2. The Hall–Kier alpha value is -1.88. The molecule has 2 aliphatic heterocycles. The Bertz CT molecular complexity index is 573. The van der Waals surface area contributed by atoms with E-state index in [1.54, 1.807) is 7.05 Å². The van der Waals surface area contributed by atoms with Crippen LogP contribution in [-0.4, -0.2) is 42.9 Å². The van der Waals surface area contributed by atoms with Crippen LogP contribution in [0.25, 0.3) is 0 Å². The van der Waals surface area contributed by atoms with Crippen LogP contribution in [0, 0.1) is 5.92 Å². The van der Waals surface area contributed by atoms with Crippen LogP contribution in [0.1, 0.15) is 24.0 Å². The molecule has 118 valence electrons. The molecule has 1 saturated heterocycles. The van der Waals surface area contributed by atoms with E-state index in [-0.39, 0.29) is 23.8 Å². The largest absolute Gasteiger partial charge is 0.359 e. The number of fused-ring (bicyclic) bond motifs is 1. The van der Waals surface area contributed by atoms with E-state index >= 15 is 0 Å². The van der Waals surface area contributed by atoms with Gasteiger partial charge in [-0.3, -0.25) is 9.59 Å². The van der Waals surface area contributed by atoms with Crippen LogP contribution in [-0.2, 0) is 22.6 Å². The Morgan fingerprint density at radius 3 is 2.82 bits per heavy atom. The lowest BCUT2D eigenvalue weighted by Crippen LogP contribution is -2.53. The summed E-state index contributed by atoms with van der Waals surface area (Å²) >= 11 is 0. The normalized spacial score (nSPS) is 24.5. The first-order chi connectivity index (χ1) is 10.7. The van der Waals surface area contributed by atoms with Crippen LogP contribution in [0.15, 0.2) is 24.3 Å². The molecule has 0 saturated carbocycles. The van der Waals surface area contributed by atoms with Crippen molar-refractivity contribution in [3.05, 3.63) is 35.4 Å². The molecule has 0 bridgehead atoms. The van der Waals surface area contributed by atoms with Gasteiger partial charge < -0.3 is 15.5 Å². The third-order valence-corrected chi connectivity index (χ3v) is 4.73. The van der Waals surface area contributed by atoms with Gasteiger partial charge in [0.1, 0.15) is 0 Å². The van der Waals surface area contributed by atoms with Gasteiger partial charge in [-0.05, 0) is 30.4 Å². The van der Waals surface area contributed by atoms with E-state index in [9.17, 15) is 9.59 Å². The first-order valence-electron chi connectivity index (χ1n) is 7.99. The maximum Gasteiger partial charge on any atom is 0.240 e. The minimum atomic E-state index is -0.168. The smallest absolute Gasteiger partial charge is 0.240 e. The molecule has 0 spiro atoms. The van der Waals surface area contributed by atoms with Gasteiger partial charge in [-0.15, -0.1) is 0 Å². The molecule has 1 fully saturated rings. The molecule has 22 heavy (non-hydrogen) atoms. The van der Waals surface area contributed by atoms with E-state index in [0.717, 1.165) is 32.4 Å². The van der Waals surface area contributed by atoms with E-state index in [1.165, 1.54) is 11.1 Å². The highest BCUT2D eigenvalue weighted by Crippen LogP contribution is 2.21. The fourth-order valence-electron chi connectivity index (χ4n) is 3.44. The van der Waals surface area contributed by atoms with Crippen molar-refractivity contribution in [3.63, 3.8) is 0 Å². The van der Waals surface area contributed by atoms with Gasteiger partial charge in [0.2, 0.25) is 11.8 Å². The number of nitrogens with one attached hydrogen (secondary N) is 2. The predicted octanol–water partition coefficient (Wildman–Crippen LogP) is 0.685. The summed E-state index contributed by atoms with van der Waals surface area (Å²) in [5, 5.41) is 6.03. The van der Waals surface area contributed by atoms with Crippen LogP contribution in [0.4, 0.5) is 0 Å². The zero-order valence-electron chi connectivity index (χ0n) is 13.0. The average molecular weight is 301 g/mol. The lowest BCUT2D eigenvalue weighted by molar-refractivity contribution is -0.137. The summed E-state index contributed by atoms with van der Waals surface area (Å²) in [6.07, 6.45) is 2.49. The first kappa shape index (κ1) is 15.0. The first-order valence-corrected chi connectivity index (χ1v) is 7.99. The quantitative estimate of drug-likeness (QED) is 0.845. The van der Waals surface area contributed by atoms with Gasteiger partial charge in [0.15, 0.2) is 0 Å². The van der Waals surface area contributed by atoms with Gasteiger partial charge >= 0.3 is 0 Å². The van der Waals surface area contributed by atoms with E-state index in [2.05, 4.69) is 22.8 Å². The highest BCUT2D eigenvalue weighted by Gasteiger charge is 2.32. The fourth-order valence-corrected chi connectivity index (χ4v) is 3.44. The third-order valence-electron chi connectivity index (χ3n) is 4.73. The standard InChI is InChI=1S/C17H23N3O2/c1-18-16(21)14-7-4-8-20(11-14)17(22)15-9-12-5-2-3-6-13(12)10-19-15/h2-3,5-6,14-15,19H,4,7-11H2,1H3,(H,18,21)/t14-,15+/m0/s1. The van der Waals surface area contributed by atoms with Crippen LogP contribution in [0.5, 0.6) is 0 Å². The topological polar surface area (TPSA) is 61.4 Å². The minimum absolute atomic E-state index is 0.0412. The molecular formula is C17H23N3O2. The monoisotopic (exact) mass is 301 g/mol. The highest BCUT2D eigenvalue weighted by molar-refractivity contribution is 5.84. The lowest BCUT2D eigenvalue weighted by atomic mass is 9.93. The van der Waals surface area contributed by atoms with Crippen molar-refractivity contribution in [2.45, 2.75) is 31.8 Å². The van der Waals surface area contributed by atoms with Crippen molar-refractivity contribution in [2.24, 2.45) is 5.92 Å². The molecule has 2 heterocycles. The number of rotatable bonds is 2. The molecule has 3 rings (SSSR count). The SMILES string of the molecule is CNC(=O)[C@H]1CCCN(C(=O)[C@H]2Cc3ccccc3CN2)C1. The molecule has 0 unspecified atom stereocenters. The number of hydrogen-bond donors (Lipinski definition) is 2. The van der Waals surface area contributed by atoms with Crippen molar-refractivity contribution in [3.8, 4) is 0 Å². The lowest BCUT2D eigenvalue weighted by Gasteiger charge is -2.35. The zero-order valence-corrected chi connectivity index (χ0v) is 13.0. The molecule has 0 aliphatic carbocycles. The number of carbonyl (C=O) groups is 2. The van der Waals surface area contributed by atoms with Crippen molar-refractivity contribution in [2.75, 3.05) is 20.1 Å². The second-order valence-corrected chi connectivity index (χ2v) is 6.14. The molecular weight excluding hydrogens is 278 g/mol. The summed E-state index contributed by atoms with van der Waals surface area (Å²) in [5.41, 5.74) is 2.52. The van der Waals surface area contributed by atoms with E-state index in [1.807, 2.05) is 17.0 Å². The molecule has 0 aromatic heterocycles. The minimum Gasteiger partial charge on any atom is -0.359 e. The number of carbonyl (C=O) groups excluding carboxylic acids is 2. The summed E-state index contributed by atoms with van der Waals surface area (Å²) in [6, 6.07) is 8.08. The van der Waals surface area contributed by atoms with Crippen molar-refractivity contribution in [1.82, 2.24) is 15.5 Å². The second kappa shape index (κ2) is 6.48. The molecule has 5 heteroatoms. The fraction of sp³-hybridized carbons (Fsp3) is 0.529. The number of likely N-dealkylation sites (tertiary alicyclic amines) is 1. The van der Waals surface area contributed by atoms with Gasteiger partial charge in [-0.25, -0.2) is 0 Å². The van der Waals surface area contributed by atoms with Gasteiger partial charge in [-0.1, -0.05) is 24.3 Å². The van der Waals surface area contributed by atoms with Crippen molar-refractivity contribution < 1.29 is 9.59 Å².